The molecule has 3 N–H and O–H groups in total. The summed E-state index contributed by atoms with van der Waals surface area (Å²) in [6, 6.07) is 13.5. The molecule has 4 aromatic rings. The van der Waals surface area contributed by atoms with Gasteiger partial charge in [0, 0.05) is 18.1 Å². The predicted molar refractivity (Wildman–Crippen MR) is 182 cm³/mol. The van der Waals surface area contributed by atoms with Crippen molar-refractivity contribution in [2.45, 2.75) is 32.2 Å². The molecule has 2 aromatic heterocycles. The lowest BCUT2D eigenvalue weighted by molar-refractivity contribution is -0.0128. The van der Waals surface area contributed by atoms with Gasteiger partial charge in [0.2, 0.25) is 5.95 Å². The molecule has 12 nitrogen and oxygen atoms in total. The van der Waals surface area contributed by atoms with Crippen LogP contribution in [0.3, 0.4) is 0 Å². The van der Waals surface area contributed by atoms with Crippen molar-refractivity contribution in [1.82, 2.24) is 19.5 Å². The number of alkyl halides is 1. The van der Waals surface area contributed by atoms with Gasteiger partial charge in [-0.3, -0.25) is 9.78 Å². The van der Waals surface area contributed by atoms with E-state index in [1.807, 2.05) is 24.3 Å². The van der Waals surface area contributed by atoms with Crippen molar-refractivity contribution in [3.05, 3.63) is 70.3 Å². The molecule has 262 valence electrons. The van der Waals surface area contributed by atoms with Crippen LogP contribution in [0.5, 0.6) is 5.75 Å². The van der Waals surface area contributed by atoms with Gasteiger partial charge >= 0.3 is 0 Å². The number of halogens is 2. The van der Waals surface area contributed by atoms with E-state index in [4.69, 9.17) is 45.8 Å². The molecule has 0 aliphatic rings. The number of nitrogens with zero attached hydrogens (tertiary/aromatic N) is 3. The number of aromatic amines is 1. The van der Waals surface area contributed by atoms with E-state index in [1.54, 1.807) is 16.7 Å². The van der Waals surface area contributed by atoms with E-state index < -0.39 is 5.56 Å². The highest BCUT2D eigenvalue weighted by Gasteiger charge is 2.18. The molecule has 0 atom stereocenters. The van der Waals surface area contributed by atoms with Crippen LogP contribution in [-0.2, 0) is 30.2 Å². The molecule has 0 radical (unpaired) electrons. The Morgan fingerprint density at radius 1 is 0.750 bits per heavy atom. The monoisotopic (exact) mass is 689 g/mol. The lowest BCUT2D eigenvalue weighted by Crippen LogP contribution is -2.14. The van der Waals surface area contributed by atoms with Gasteiger partial charge in [0.1, 0.15) is 24.0 Å². The number of hydrogen-bond acceptors (Lipinski definition) is 10. The first kappa shape index (κ1) is 37.2. The summed E-state index contributed by atoms with van der Waals surface area (Å²) in [5, 5.41) is 0. The molecule has 0 aliphatic carbocycles. The van der Waals surface area contributed by atoms with Crippen LogP contribution in [0.4, 0.5) is 10.3 Å². The van der Waals surface area contributed by atoms with E-state index in [-0.39, 0.29) is 17.3 Å². The summed E-state index contributed by atoms with van der Waals surface area (Å²) in [6.07, 6.45) is 4.43. The SMILES string of the molecule is Nc1nc2c(nc(-c3cccc(OCCOCCOCCOCCOCCOCCCCCCCl)c3)n2Cc2ccc(F)cc2)c(=O)[nH]1. The Kier molecular flexibility index (Phi) is 16.6. The summed E-state index contributed by atoms with van der Waals surface area (Å²) >= 11 is 5.66. The number of fused-ring (bicyclic) bond motifs is 1. The number of unbranched alkanes of at least 4 members (excludes halogenated alkanes) is 3. The Hall–Kier alpha value is -3.59. The normalized spacial score (nSPS) is 11.5. The second-order valence-corrected chi connectivity index (χ2v) is 11.2. The van der Waals surface area contributed by atoms with Crippen LogP contribution in [0.15, 0.2) is 53.3 Å². The number of hydrogen-bond donors (Lipinski definition) is 2. The highest BCUT2D eigenvalue weighted by atomic mass is 35.5. The summed E-state index contributed by atoms with van der Waals surface area (Å²) in [7, 11) is 0. The van der Waals surface area contributed by atoms with Gasteiger partial charge in [0.15, 0.2) is 11.2 Å². The number of aromatic nitrogens is 4. The minimum atomic E-state index is -0.444. The number of imidazole rings is 1. The van der Waals surface area contributed by atoms with Crippen LogP contribution in [0.1, 0.15) is 31.2 Å². The van der Waals surface area contributed by atoms with Gasteiger partial charge in [-0.05, 0) is 42.7 Å². The zero-order valence-corrected chi connectivity index (χ0v) is 27.9. The molecule has 0 bridgehead atoms. The zero-order chi connectivity index (χ0) is 33.8. The topological polar surface area (TPSA) is 145 Å². The molecule has 48 heavy (non-hydrogen) atoms. The summed E-state index contributed by atoms with van der Waals surface area (Å²) in [4.78, 5) is 24.0. The number of H-pyrrole nitrogens is 1. The van der Waals surface area contributed by atoms with Crippen LogP contribution < -0.4 is 16.0 Å². The fraction of sp³-hybridized carbons (Fsp3) is 0.500. The van der Waals surface area contributed by atoms with Crippen molar-refractivity contribution >= 4 is 28.7 Å². The lowest BCUT2D eigenvalue weighted by Gasteiger charge is -2.11. The number of benzene rings is 2. The third-order valence-electron chi connectivity index (χ3n) is 7.13. The molecule has 0 saturated carbocycles. The summed E-state index contributed by atoms with van der Waals surface area (Å²) in [5.41, 5.74) is 7.39. The molecule has 4 rings (SSSR count). The van der Waals surface area contributed by atoms with E-state index in [0.29, 0.717) is 95.4 Å². The molecule has 0 aliphatic heterocycles. The molecule has 2 aromatic carbocycles. The fourth-order valence-corrected chi connectivity index (χ4v) is 4.94. The number of anilines is 1. The van der Waals surface area contributed by atoms with Crippen molar-refractivity contribution < 1.29 is 32.8 Å². The Morgan fingerprint density at radius 2 is 1.35 bits per heavy atom. The van der Waals surface area contributed by atoms with Gasteiger partial charge in [-0.1, -0.05) is 37.1 Å². The minimum absolute atomic E-state index is 0.0195. The van der Waals surface area contributed by atoms with Crippen LogP contribution in [0.25, 0.3) is 22.6 Å². The smallest absolute Gasteiger partial charge is 0.280 e. The van der Waals surface area contributed by atoms with Crippen molar-refractivity contribution in [3.63, 3.8) is 0 Å². The molecular weight excluding hydrogens is 645 g/mol. The summed E-state index contributed by atoms with van der Waals surface area (Å²) in [6.45, 7) is 5.78. The second kappa shape index (κ2) is 21.4. The van der Waals surface area contributed by atoms with Gasteiger partial charge < -0.3 is 38.7 Å². The first-order chi connectivity index (χ1) is 23.5. The Labute approximate surface area is 284 Å². The number of nitrogens with one attached hydrogen (secondary N) is 1. The fourth-order valence-electron chi connectivity index (χ4n) is 4.75. The van der Waals surface area contributed by atoms with E-state index in [2.05, 4.69) is 15.0 Å². The van der Waals surface area contributed by atoms with E-state index in [0.717, 1.165) is 43.7 Å². The van der Waals surface area contributed by atoms with Gasteiger partial charge in [-0.15, -0.1) is 11.6 Å². The van der Waals surface area contributed by atoms with Crippen molar-refractivity contribution in [2.24, 2.45) is 0 Å². The maximum atomic E-state index is 13.5. The average Bonchev–Trinajstić information content (AvgIpc) is 3.44. The standard InChI is InChI=1S/C34H45ClFN5O7/c35-12-3-1-2-4-13-43-14-15-44-16-17-45-18-19-46-20-21-47-22-23-48-29-7-5-6-27(24-29)31-38-30-32(39-34(37)40-33(30)42)41(31)25-26-8-10-28(36)11-9-26/h5-11,24H,1-4,12-23,25H2,(H3,37,39,40,42). The Balaban J connectivity index is 1.10. The van der Waals surface area contributed by atoms with Crippen LogP contribution in [0, 0.1) is 5.82 Å². The first-order valence-corrected chi connectivity index (χ1v) is 16.8. The van der Waals surface area contributed by atoms with E-state index >= 15 is 0 Å². The lowest BCUT2D eigenvalue weighted by atomic mass is 10.2. The summed E-state index contributed by atoms with van der Waals surface area (Å²) < 4.78 is 48.9. The Bertz CT molecular complexity index is 1550. The van der Waals surface area contributed by atoms with Crippen LogP contribution in [-0.4, -0.2) is 98.1 Å². The average molecular weight is 690 g/mol. The van der Waals surface area contributed by atoms with Crippen LogP contribution in [0.2, 0.25) is 0 Å². The van der Waals surface area contributed by atoms with E-state index in [1.165, 1.54) is 12.1 Å². The summed E-state index contributed by atoms with van der Waals surface area (Å²) in [5.74, 6) is 1.48. The van der Waals surface area contributed by atoms with Crippen molar-refractivity contribution in [2.75, 3.05) is 84.3 Å². The van der Waals surface area contributed by atoms with Gasteiger partial charge in [-0.25, -0.2) is 9.37 Å². The maximum Gasteiger partial charge on any atom is 0.280 e. The largest absolute Gasteiger partial charge is 0.491 e. The quantitative estimate of drug-likeness (QED) is 0.0734. The van der Waals surface area contributed by atoms with Crippen molar-refractivity contribution in [1.29, 1.82) is 0 Å². The first-order valence-electron chi connectivity index (χ1n) is 16.2. The third kappa shape index (κ3) is 12.8. The number of nitrogen functional groups attached to an aromatic ring is 1. The molecule has 0 fully saturated rings. The second-order valence-electron chi connectivity index (χ2n) is 10.8. The van der Waals surface area contributed by atoms with Gasteiger partial charge in [-0.2, -0.15) is 4.98 Å². The van der Waals surface area contributed by atoms with Crippen LogP contribution >= 0.6 is 11.6 Å². The zero-order valence-electron chi connectivity index (χ0n) is 27.2. The predicted octanol–water partition coefficient (Wildman–Crippen LogP) is 4.82. The third-order valence-corrected chi connectivity index (χ3v) is 7.39. The van der Waals surface area contributed by atoms with Crippen molar-refractivity contribution in [3.8, 4) is 17.1 Å². The molecule has 0 unspecified atom stereocenters. The molecule has 14 heteroatoms. The molecule has 2 heterocycles. The van der Waals surface area contributed by atoms with Gasteiger partial charge in [0.25, 0.3) is 5.56 Å². The number of ether oxygens (including phenoxy) is 6. The minimum Gasteiger partial charge on any atom is -0.491 e. The molecular formula is C34H45ClFN5O7. The molecule has 0 spiro atoms. The van der Waals surface area contributed by atoms with Gasteiger partial charge in [0.05, 0.1) is 66.0 Å². The molecule has 0 amide bonds. The van der Waals surface area contributed by atoms with E-state index in [9.17, 15) is 9.18 Å². The molecule has 0 saturated heterocycles. The maximum absolute atomic E-state index is 13.5. The Morgan fingerprint density at radius 3 is 2.00 bits per heavy atom. The highest BCUT2D eigenvalue weighted by molar-refractivity contribution is 6.17. The number of nitrogens with two attached hydrogens (primary N) is 1. The highest BCUT2D eigenvalue weighted by Crippen LogP contribution is 2.27. The number of rotatable bonds is 25.